The van der Waals surface area contributed by atoms with Gasteiger partial charge in [-0.3, -0.25) is 4.68 Å². The lowest BCUT2D eigenvalue weighted by atomic mass is 10.0. The van der Waals surface area contributed by atoms with E-state index < -0.39 is 10.0 Å². The Balaban J connectivity index is 1.95. The van der Waals surface area contributed by atoms with Crippen LogP contribution in [-0.2, 0) is 16.6 Å². The Morgan fingerprint density at radius 2 is 2.14 bits per heavy atom. The third-order valence-electron chi connectivity index (χ3n) is 3.91. The smallest absolute Gasteiger partial charge is 0.244 e. The van der Waals surface area contributed by atoms with Crippen LogP contribution in [0.1, 0.15) is 40.0 Å². The quantitative estimate of drug-likeness (QED) is 0.675. The Kier molecular flexibility index (Phi) is 5.06. The molecule has 2 rings (SSSR count). The number of sulfonamides is 1. The van der Waals surface area contributed by atoms with Crippen LogP contribution in [0.3, 0.4) is 0 Å². The van der Waals surface area contributed by atoms with Crippen molar-refractivity contribution >= 4 is 10.0 Å². The molecule has 1 aliphatic rings. The van der Waals surface area contributed by atoms with Crippen LogP contribution in [0.25, 0.3) is 0 Å². The maximum atomic E-state index is 12.4. The number of nitrogens with one attached hydrogen (secondary N) is 2. The van der Waals surface area contributed by atoms with Gasteiger partial charge in [-0.25, -0.2) is 13.1 Å². The van der Waals surface area contributed by atoms with E-state index in [9.17, 15) is 8.42 Å². The molecule has 1 saturated carbocycles. The average molecular weight is 314 g/mol. The minimum atomic E-state index is -3.49. The molecule has 0 radical (unpaired) electrons. The van der Waals surface area contributed by atoms with Crippen molar-refractivity contribution in [3.63, 3.8) is 0 Å². The van der Waals surface area contributed by atoms with Gasteiger partial charge in [-0.2, -0.15) is 5.10 Å². The van der Waals surface area contributed by atoms with Gasteiger partial charge in [-0.05, 0) is 52.1 Å². The second-order valence-corrected chi connectivity index (χ2v) is 7.93. The summed E-state index contributed by atoms with van der Waals surface area (Å²) in [5, 5.41) is 7.37. The number of nitrogens with zero attached hydrogens (tertiary/aromatic N) is 2. The molecule has 0 bridgehead atoms. The third-order valence-corrected chi connectivity index (χ3v) is 5.53. The van der Waals surface area contributed by atoms with Crippen molar-refractivity contribution < 1.29 is 8.42 Å². The number of rotatable bonds is 9. The van der Waals surface area contributed by atoms with E-state index in [-0.39, 0.29) is 10.4 Å². The van der Waals surface area contributed by atoms with Gasteiger partial charge in [-0.15, -0.1) is 0 Å². The lowest BCUT2D eigenvalue weighted by Gasteiger charge is -2.25. The van der Waals surface area contributed by atoms with E-state index in [1.807, 2.05) is 13.8 Å². The van der Waals surface area contributed by atoms with Gasteiger partial charge in [0.15, 0.2) is 0 Å². The van der Waals surface area contributed by atoms with Gasteiger partial charge in [0.25, 0.3) is 0 Å². The van der Waals surface area contributed by atoms with Crippen molar-refractivity contribution in [2.24, 2.45) is 5.92 Å². The Morgan fingerprint density at radius 3 is 2.76 bits per heavy atom. The summed E-state index contributed by atoms with van der Waals surface area (Å²) >= 11 is 0. The summed E-state index contributed by atoms with van der Waals surface area (Å²) in [6.45, 7) is 8.52. The summed E-state index contributed by atoms with van der Waals surface area (Å²) in [6, 6.07) is 0. The fourth-order valence-electron chi connectivity index (χ4n) is 2.44. The maximum Gasteiger partial charge on any atom is 0.244 e. The summed E-state index contributed by atoms with van der Waals surface area (Å²) in [5.41, 5.74) is -0.383. The molecular weight excluding hydrogens is 288 g/mol. The van der Waals surface area contributed by atoms with E-state index in [2.05, 4.69) is 22.1 Å². The molecule has 7 heteroatoms. The predicted molar refractivity (Wildman–Crippen MR) is 82.5 cm³/mol. The van der Waals surface area contributed by atoms with Crippen molar-refractivity contribution in [1.29, 1.82) is 0 Å². The average Bonchev–Trinajstić information content (AvgIpc) is 3.14. The van der Waals surface area contributed by atoms with Gasteiger partial charge in [0.05, 0.1) is 6.20 Å². The highest BCUT2D eigenvalue weighted by Crippen LogP contribution is 2.39. The Hall–Kier alpha value is -0.920. The van der Waals surface area contributed by atoms with E-state index in [0.29, 0.717) is 12.5 Å². The van der Waals surface area contributed by atoms with Crippen molar-refractivity contribution in [1.82, 2.24) is 19.8 Å². The molecule has 0 aromatic carbocycles. The van der Waals surface area contributed by atoms with E-state index in [4.69, 9.17) is 0 Å². The van der Waals surface area contributed by atoms with Crippen molar-refractivity contribution in [3.05, 3.63) is 12.4 Å². The minimum Gasteiger partial charge on any atom is -0.317 e. The minimum absolute atomic E-state index is 0.250. The first kappa shape index (κ1) is 16.5. The molecule has 0 atom stereocenters. The van der Waals surface area contributed by atoms with Crippen LogP contribution in [-0.4, -0.2) is 36.8 Å². The van der Waals surface area contributed by atoms with Gasteiger partial charge in [0.2, 0.25) is 10.0 Å². The molecule has 6 nitrogen and oxygen atoms in total. The highest BCUT2D eigenvalue weighted by molar-refractivity contribution is 7.89. The highest BCUT2D eigenvalue weighted by Gasteiger charge is 2.40. The van der Waals surface area contributed by atoms with Crippen LogP contribution in [0.5, 0.6) is 0 Å². The first-order valence-corrected chi connectivity index (χ1v) is 9.10. The molecule has 1 aromatic rings. The van der Waals surface area contributed by atoms with Crippen molar-refractivity contribution in [2.75, 3.05) is 13.1 Å². The van der Waals surface area contributed by atoms with Crippen molar-refractivity contribution in [2.45, 2.75) is 57.0 Å². The lowest BCUT2D eigenvalue weighted by Crippen LogP contribution is -2.44. The Labute approximate surface area is 127 Å². The van der Waals surface area contributed by atoms with Crippen LogP contribution in [0.4, 0.5) is 0 Å². The maximum absolute atomic E-state index is 12.4. The van der Waals surface area contributed by atoms with E-state index in [1.165, 1.54) is 6.20 Å². The number of hydrogen-bond acceptors (Lipinski definition) is 4. The fourth-order valence-corrected chi connectivity index (χ4v) is 3.87. The molecule has 0 unspecified atom stereocenters. The second kappa shape index (κ2) is 6.46. The van der Waals surface area contributed by atoms with E-state index in [1.54, 1.807) is 10.9 Å². The van der Waals surface area contributed by atoms with Crippen molar-refractivity contribution in [3.8, 4) is 0 Å². The SMILES string of the molecule is CCNCCCn1cc(S(=O)(=O)NC(C)(C)C2CC2)cn1. The van der Waals surface area contributed by atoms with Gasteiger partial charge in [0, 0.05) is 18.3 Å². The predicted octanol–water partition coefficient (Wildman–Crippen LogP) is 1.35. The zero-order chi connectivity index (χ0) is 15.5. The van der Waals surface area contributed by atoms with Gasteiger partial charge >= 0.3 is 0 Å². The molecule has 1 aliphatic carbocycles. The molecular formula is C14H26N4O2S. The molecule has 1 fully saturated rings. The first-order chi connectivity index (χ1) is 9.85. The number of hydrogen-bond donors (Lipinski definition) is 2. The van der Waals surface area contributed by atoms with E-state index >= 15 is 0 Å². The molecule has 2 N–H and O–H groups in total. The fraction of sp³-hybridized carbons (Fsp3) is 0.786. The molecule has 0 saturated heterocycles. The molecule has 0 aliphatic heterocycles. The van der Waals surface area contributed by atoms with Gasteiger partial charge in [0.1, 0.15) is 4.90 Å². The third kappa shape index (κ3) is 4.52. The van der Waals surface area contributed by atoms with Crippen LogP contribution in [0.2, 0.25) is 0 Å². The van der Waals surface area contributed by atoms with Crippen LogP contribution in [0, 0.1) is 5.92 Å². The van der Waals surface area contributed by atoms with Gasteiger partial charge in [-0.1, -0.05) is 6.92 Å². The summed E-state index contributed by atoms with van der Waals surface area (Å²) in [4.78, 5) is 0.250. The summed E-state index contributed by atoms with van der Waals surface area (Å²) in [7, 11) is -3.49. The summed E-state index contributed by atoms with van der Waals surface area (Å²) in [6.07, 6.45) is 6.16. The Morgan fingerprint density at radius 1 is 1.43 bits per heavy atom. The molecule has 21 heavy (non-hydrogen) atoms. The largest absolute Gasteiger partial charge is 0.317 e. The molecule has 1 aromatic heterocycles. The van der Waals surface area contributed by atoms with Crippen LogP contribution >= 0.6 is 0 Å². The summed E-state index contributed by atoms with van der Waals surface area (Å²) < 4.78 is 29.3. The monoisotopic (exact) mass is 314 g/mol. The molecule has 0 spiro atoms. The topological polar surface area (TPSA) is 76.0 Å². The normalized spacial score (nSPS) is 16.3. The standard InChI is InChI=1S/C14H26N4O2S/c1-4-15-8-5-9-18-11-13(10-16-18)21(19,20)17-14(2,3)12-6-7-12/h10-12,15,17H,4-9H2,1-3H3. The van der Waals surface area contributed by atoms with E-state index in [0.717, 1.165) is 32.4 Å². The second-order valence-electron chi connectivity index (χ2n) is 6.25. The van der Waals surface area contributed by atoms with Crippen LogP contribution in [0.15, 0.2) is 17.3 Å². The summed E-state index contributed by atoms with van der Waals surface area (Å²) in [5.74, 6) is 0.447. The zero-order valence-electron chi connectivity index (χ0n) is 13.1. The van der Waals surface area contributed by atoms with Crippen LogP contribution < -0.4 is 10.0 Å². The highest BCUT2D eigenvalue weighted by atomic mass is 32.2. The Bertz CT molecular complexity index is 561. The lowest BCUT2D eigenvalue weighted by molar-refractivity contribution is 0.400. The van der Waals surface area contributed by atoms with Gasteiger partial charge < -0.3 is 5.32 Å². The number of aryl methyl sites for hydroxylation is 1. The molecule has 0 amide bonds. The first-order valence-electron chi connectivity index (χ1n) is 7.62. The molecule has 120 valence electrons. The molecule has 1 heterocycles. The zero-order valence-corrected chi connectivity index (χ0v) is 13.9. The number of aromatic nitrogens is 2.